The quantitative estimate of drug-likeness (QED) is 0.246. The standard InChI is InChI=1S/C29H31F3N2O6/c1-2-39-27(28(35)36)17-20-5-10-24(11-6-20)40-16-14-34(13-15-38-19-21-3-7-22(30)8-4-21)29(37)33-26-12-9-23(31)18-25(26)32/h3-12,18,27H,2,13-17,19H2,1H3,(H,33,37)(H,35,36). The smallest absolute Gasteiger partial charge is 0.333 e. The van der Waals surface area contributed by atoms with Gasteiger partial charge in [-0.1, -0.05) is 24.3 Å². The molecule has 214 valence electrons. The molecule has 0 bridgehead atoms. The van der Waals surface area contributed by atoms with E-state index in [1.807, 2.05) is 0 Å². The number of benzene rings is 3. The van der Waals surface area contributed by atoms with Crippen LogP contribution in [0.5, 0.6) is 5.75 Å². The predicted molar refractivity (Wildman–Crippen MR) is 142 cm³/mol. The predicted octanol–water partition coefficient (Wildman–Crippen LogP) is 5.27. The van der Waals surface area contributed by atoms with Gasteiger partial charge in [0.05, 0.1) is 25.4 Å². The Labute approximate surface area is 230 Å². The van der Waals surface area contributed by atoms with Gasteiger partial charge >= 0.3 is 12.0 Å². The molecule has 0 heterocycles. The molecule has 1 atom stereocenters. The molecular formula is C29H31F3N2O6. The number of halogens is 3. The van der Waals surface area contributed by atoms with E-state index in [4.69, 9.17) is 14.2 Å². The lowest BCUT2D eigenvalue weighted by molar-refractivity contribution is -0.149. The summed E-state index contributed by atoms with van der Waals surface area (Å²) in [5, 5.41) is 11.7. The van der Waals surface area contributed by atoms with Crippen LogP contribution in [0, 0.1) is 17.5 Å². The lowest BCUT2D eigenvalue weighted by Crippen LogP contribution is -2.40. The lowest BCUT2D eigenvalue weighted by atomic mass is 10.1. The number of carboxylic acids is 1. The second-order valence-corrected chi connectivity index (χ2v) is 8.70. The Morgan fingerprint density at radius 2 is 1.55 bits per heavy atom. The zero-order valence-electron chi connectivity index (χ0n) is 21.9. The minimum absolute atomic E-state index is 0.0906. The molecule has 0 aliphatic rings. The van der Waals surface area contributed by atoms with E-state index in [-0.39, 0.29) is 57.4 Å². The SMILES string of the molecule is CCOC(Cc1ccc(OCCN(CCOCc2ccc(F)cc2)C(=O)Nc2ccc(F)cc2F)cc1)C(=O)O. The molecule has 3 aromatic carbocycles. The van der Waals surface area contributed by atoms with Gasteiger partial charge in [-0.2, -0.15) is 0 Å². The number of rotatable bonds is 15. The maximum atomic E-state index is 14.1. The summed E-state index contributed by atoms with van der Waals surface area (Å²) in [6, 6.07) is 14.9. The first kappa shape index (κ1) is 30.5. The third-order valence-corrected chi connectivity index (χ3v) is 5.77. The van der Waals surface area contributed by atoms with E-state index in [2.05, 4.69) is 5.32 Å². The largest absolute Gasteiger partial charge is 0.492 e. The molecule has 8 nitrogen and oxygen atoms in total. The number of nitrogens with zero attached hydrogens (tertiary/aromatic N) is 1. The highest BCUT2D eigenvalue weighted by atomic mass is 19.1. The first-order chi connectivity index (χ1) is 19.2. The fourth-order valence-corrected chi connectivity index (χ4v) is 3.67. The Morgan fingerprint density at radius 3 is 2.20 bits per heavy atom. The Bertz CT molecular complexity index is 1240. The molecule has 0 aliphatic heterocycles. The summed E-state index contributed by atoms with van der Waals surface area (Å²) in [4.78, 5) is 25.6. The number of anilines is 1. The van der Waals surface area contributed by atoms with Gasteiger partial charge in [0.1, 0.15) is 29.8 Å². The molecule has 0 spiro atoms. The summed E-state index contributed by atoms with van der Waals surface area (Å²) in [7, 11) is 0. The zero-order valence-corrected chi connectivity index (χ0v) is 21.9. The van der Waals surface area contributed by atoms with Gasteiger partial charge in [0.15, 0.2) is 6.10 Å². The number of nitrogens with one attached hydrogen (secondary N) is 1. The number of urea groups is 1. The second kappa shape index (κ2) is 15.5. The maximum absolute atomic E-state index is 14.1. The van der Waals surface area contributed by atoms with Gasteiger partial charge in [0.25, 0.3) is 0 Å². The van der Waals surface area contributed by atoms with E-state index < -0.39 is 29.7 Å². The molecule has 2 N–H and O–H groups in total. The Kier molecular flexibility index (Phi) is 11.8. The van der Waals surface area contributed by atoms with Crippen LogP contribution < -0.4 is 10.1 Å². The van der Waals surface area contributed by atoms with Crippen molar-refractivity contribution >= 4 is 17.7 Å². The molecular weight excluding hydrogens is 529 g/mol. The monoisotopic (exact) mass is 560 g/mol. The summed E-state index contributed by atoms with van der Waals surface area (Å²) < 4.78 is 57.0. The number of amides is 2. The van der Waals surface area contributed by atoms with Crippen molar-refractivity contribution in [2.24, 2.45) is 0 Å². The van der Waals surface area contributed by atoms with Gasteiger partial charge in [0, 0.05) is 25.6 Å². The number of carbonyl (C=O) groups excluding carboxylic acids is 1. The number of carbonyl (C=O) groups is 2. The van der Waals surface area contributed by atoms with Crippen molar-refractivity contribution < 1.29 is 42.1 Å². The highest BCUT2D eigenvalue weighted by Crippen LogP contribution is 2.17. The summed E-state index contributed by atoms with van der Waals surface area (Å²) in [6.07, 6.45) is -0.741. The van der Waals surface area contributed by atoms with Crippen LogP contribution >= 0.6 is 0 Å². The molecule has 11 heteroatoms. The Hall–Kier alpha value is -4.09. The summed E-state index contributed by atoms with van der Waals surface area (Å²) in [5.74, 6) is -2.57. The van der Waals surface area contributed by atoms with Crippen molar-refractivity contribution in [2.75, 3.05) is 38.2 Å². The normalized spacial score (nSPS) is 11.6. The van der Waals surface area contributed by atoms with E-state index in [1.54, 1.807) is 43.3 Å². The molecule has 2 amide bonds. The van der Waals surface area contributed by atoms with Crippen LogP contribution in [0.2, 0.25) is 0 Å². The van der Waals surface area contributed by atoms with E-state index in [1.165, 1.54) is 17.0 Å². The summed E-state index contributed by atoms with van der Waals surface area (Å²) in [5.41, 5.74) is 1.34. The van der Waals surface area contributed by atoms with Crippen molar-refractivity contribution in [3.63, 3.8) is 0 Å². The summed E-state index contributed by atoms with van der Waals surface area (Å²) >= 11 is 0. The van der Waals surface area contributed by atoms with Crippen LogP contribution in [-0.4, -0.2) is 61.0 Å². The Morgan fingerprint density at radius 1 is 0.900 bits per heavy atom. The van der Waals surface area contributed by atoms with Crippen molar-refractivity contribution in [3.8, 4) is 5.75 Å². The number of hydrogen-bond donors (Lipinski definition) is 2. The molecule has 0 fully saturated rings. The van der Waals surface area contributed by atoms with Crippen molar-refractivity contribution in [1.29, 1.82) is 0 Å². The van der Waals surface area contributed by atoms with Crippen molar-refractivity contribution in [2.45, 2.75) is 26.1 Å². The molecule has 1 unspecified atom stereocenters. The van der Waals surface area contributed by atoms with Gasteiger partial charge in [-0.25, -0.2) is 22.8 Å². The zero-order chi connectivity index (χ0) is 28.9. The van der Waals surface area contributed by atoms with Crippen LogP contribution in [0.25, 0.3) is 0 Å². The minimum atomic E-state index is -1.04. The van der Waals surface area contributed by atoms with Crippen molar-refractivity contribution in [1.82, 2.24) is 4.90 Å². The van der Waals surface area contributed by atoms with Crippen molar-refractivity contribution in [3.05, 3.63) is 95.3 Å². The van der Waals surface area contributed by atoms with Gasteiger partial charge in [-0.3, -0.25) is 0 Å². The van der Waals surface area contributed by atoms with E-state index in [0.717, 1.165) is 23.3 Å². The maximum Gasteiger partial charge on any atom is 0.333 e. The molecule has 0 saturated heterocycles. The number of hydrogen-bond acceptors (Lipinski definition) is 5. The van der Waals surface area contributed by atoms with Crippen LogP contribution in [0.1, 0.15) is 18.1 Å². The second-order valence-electron chi connectivity index (χ2n) is 8.70. The first-order valence-corrected chi connectivity index (χ1v) is 12.6. The first-order valence-electron chi connectivity index (χ1n) is 12.6. The van der Waals surface area contributed by atoms with Gasteiger partial charge in [0.2, 0.25) is 0 Å². The fraction of sp³-hybridized carbons (Fsp3) is 0.310. The minimum Gasteiger partial charge on any atom is -0.492 e. The average molecular weight is 561 g/mol. The third-order valence-electron chi connectivity index (χ3n) is 5.77. The summed E-state index contributed by atoms with van der Waals surface area (Å²) in [6.45, 7) is 2.69. The average Bonchev–Trinajstić information content (AvgIpc) is 2.93. The van der Waals surface area contributed by atoms with E-state index >= 15 is 0 Å². The van der Waals surface area contributed by atoms with Crippen LogP contribution in [0.15, 0.2) is 66.7 Å². The van der Waals surface area contributed by atoms with Crippen LogP contribution in [0.3, 0.4) is 0 Å². The molecule has 0 aromatic heterocycles. The number of aliphatic carboxylic acids is 1. The van der Waals surface area contributed by atoms with E-state index in [9.17, 15) is 27.9 Å². The highest BCUT2D eigenvalue weighted by Gasteiger charge is 2.18. The number of carboxylic acid groups (broad SMARTS) is 1. The Balaban J connectivity index is 1.56. The van der Waals surface area contributed by atoms with Gasteiger partial charge < -0.3 is 29.5 Å². The third kappa shape index (κ3) is 9.90. The lowest BCUT2D eigenvalue weighted by Gasteiger charge is -2.23. The van der Waals surface area contributed by atoms with E-state index in [0.29, 0.717) is 11.8 Å². The number of ether oxygens (including phenoxy) is 3. The molecule has 40 heavy (non-hydrogen) atoms. The molecule has 0 aliphatic carbocycles. The van der Waals surface area contributed by atoms with Crippen LogP contribution in [0.4, 0.5) is 23.7 Å². The topological polar surface area (TPSA) is 97.3 Å². The molecule has 0 radical (unpaired) electrons. The van der Waals surface area contributed by atoms with Crippen LogP contribution in [-0.2, 0) is 27.3 Å². The molecule has 3 aromatic rings. The highest BCUT2D eigenvalue weighted by molar-refractivity contribution is 5.89. The fourth-order valence-electron chi connectivity index (χ4n) is 3.67. The van der Waals surface area contributed by atoms with Gasteiger partial charge in [-0.15, -0.1) is 0 Å². The van der Waals surface area contributed by atoms with Gasteiger partial charge in [-0.05, 0) is 54.4 Å². The molecule has 3 rings (SSSR count). The molecule has 0 saturated carbocycles.